The Balaban J connectivity index is 2.19. The Morgan fingerprint density at radius 1 is 1.25 bits per heavy atom. The van der Waals surface area contributed by atoms with Gasteiger partial charge in [0.1, 0.15) is 18.1 Å². The molecule has 2 rings (SSSR count). The second kappa shape index (κ2) is 6.25. The van der Waals surface area contributed by atoms with Crippen LogP contribution in [0.25, 0.3) is 0 Å². The molecule has 0 atom stereocenters. The molecule has 0 aliphatic heterocycles. The van der Waals surface area contributed by atoms with Gasteiger partial charge in [-0.3, -0.25) is 10.1 Å². The predicted molar refractivity (Wildman–Crippen MR) is 75.4 cm³/mol. The first-order chi connectivity index (χ1) is 9.60. The van der Waals surface area contributed by atoms with Crippen LogP contribution in [0.3, 0.4) is 0 Å². The summed E-state index contributed by atoms with van der Waals surface area (Å²) < 4.78 is 10.7. The third-order valence-corrected chi connectivity index (χ3v) is 2.90. The number of ether oxygens (including phenoxy) is 2. The van der Waals surface area contributed by atoms with E-state index in [0.29, 0.717) is 22.1 Å². The maximum absolute atomic E-state index is 10.8. The molecule has 0 aliphatic rings. The van der Waals surface area contributed by atoms with Crippen LogP contribution >= 0.6 is 11.6 Å². The zero-order chi connectivity index (χ0) is 14.5. The number of halogens is 1. The first-order valence-electron chi connectivity index (χ1n) is 5.80. The van der Waals surface area contributed by atoms with Gasteiger partial charge in [-0.25, -0.2) is 0 Å². The monoisotopic (exact) mass is 293 g/mol. The minimum absolute atomic E-state index is 0.00417. The van der Waals surface area contributed by atoms with Crippen molar-refractivity contribution in [1.82, 2.24) is 0 Å². The van der Waals surface area contributed by atoms with E-state index in [-0.39, 0.29) is 12.3 Å². The van der Waals surface area contributed by atoms with Crippen molar-refractivity contribution >= 4 is 17.3 Å². The minimum atomic E-state index is -0.456. The molecular formula is C14H12ClNO4. The van der Waals surface area contributed by atoms with Gasteiger partial charge in [0.05, 0.1) is 12.0 Å². The molecule has 0 aliphatic carbocycles. The van der Waals surface area contributed by atoms with Crippen LogP contribution in [0.5, 0.6) is 11.5 Å². The lowest BCUT2D eigenvalue weighted by Crippen LogP contribution is -2.00. The van der Waals surface area contributed by atoms with E-state index < -0.39 is 4.92 Å². The van der Waals surface area contributed by atoms with E-state index in [1.54, 1.807) is 30.3 Å². The first kappa shape index (κ1) is 14.1. The molecule has 2 aromatic rings. The molecule has 0 fully saturated rings. The van der Waals surface area contributed by atoms with Gasteiger partial charge in [-0.1, -0.05) is 17.7 Å². The van der Waals surface area contributed by atoms with Crippen molar-refractivity contribution in [3.8, 4) is 11.5 Å². The van der Waals surface area contributed by atoms with Gasteiger partial charge in [0, 0.05) is 22.7 Å². The molecule has 0 saturated heterocycles. The molecule has 0 radical (unpaired) electrons. The molecule has 0 spiro atoms. The normalized spacial score (nSPS) is 10.1. The molecule has 0 N–H and O–H groups in total. The largest absolute Gasteiger partial charge is 0.496 e. The average molecular weight is 294 g/mol. The van der Waals surface area contributed by atoms with Gasteiger partial charge in [0.25, 0.3) is 5.69 Å². The topological polar surface area (TPSA) is 61.6 Å². The van der Waals surface area contributed by atoms with Gasteiger partial charge < -0.3 is 9.47 Å². The standard InChI is InChI=1S/C14H12ClNO4/c1-19-14-6-5-12(16(17)18)7-10(14)9-20-13-4-2-3-11(15)8-13/h2-8H,9H2,1H3. The summed E-state index contributed by atoms with van der Waals surface area (Å²) in [6, 6.07) is 11.3. The van der Waals surface area contributed by atoms with Crippen molar-refractivity contribution in [2.24, 2.45) is 0 Å². The van der Waals surface area contributed by atoms with Gasteiger partial charge in [0.2, 0.25) is 0 Å². The van der Waals surface area contributed by atoms with Gasteiger partial charge in [-0.15, -0.1) is 0 Å². The summed E-state index contributed by atoms with van der Waals surface area (Å²) >= 11 is 5.86. The van der Waals surface area contributed by atoms with Crippen molar-refractivity contribution in [3.63, 3.8) is 0 Å². The number of rotatable bonds is 5. The van der Waals surface area contributed by atoms with Gasteiger partial charge >= 0.3 is 0 Å². The summed E-state index contributed by atoms with van der Waals surface area (Å²) in [5, 5.41) is 11.3. The Kier molecular flexibility index (Phi) is 4.42. The molecule has 20 heavy (non-hydrogen) atoms. The fourth-order valence-corrected chi connectivity index (χ4v) is 1.89. The second-order valence-corrected chi connectivity index (χ2v) is 4.44. The molecular weight excluding hydrogens is 282 g/mol. The van der Waals surface area contributed by atoms with Crippen molar-refractivity contribution in [2.75, 3.05) is 7.11 Å². The van der Waals surface area contributed by atoms with E-state index in [4.69, 9.17) is 21.1 Å². The third kappa shape index (κ3) is 3.39. The highest BCUT2D eigenvalue weighted by molar-refractivity contribution is 6.30. The number of nitro benzene ring substituents is 1. The van der Waals surface area contributed by atoms with Gasteiger partial charge in [-0.05, 0) is 24.3 Å². The van der Waals surface area contributed by atoms with Crippen LogP contribution in [0.1, 0.15) is 5.56 Å². The molecule has 2 aromatic carbocycles. The zero-order valence-electron chi connectivity index (χ0n) is 10.7. The maximum Gasteiger partial charge on any atom is 0.270 e. The third-order valence-electron chi connectivity index (χ3n) is 2.67. The van der Waals surface area contributed by atoms with Crippen LogP contribution in [-0.2, 0) is 6.61 Å². The lowest BCUT2D eigenvalue weighted by Gasteiger charge is -2.10. The minimum Gasteiger partial charge on any atom is -0.496 e. The Labute approximate surface area is 120 Å². The fraction of sp³-hybridized carbons (Fsp3) is 0.143. The van der Waals surface area contributed by atoms with Gasteiger partial charge in [0.15, 0.2) is 0 Å². The molecule has 0 amide bonds. The van der Waals surface area contributed by atoms with Gasteiger partial charge in [-0.2, -0.15) is 0 Å². The quantitative estimate of drug-likeness (QED) is 0.621. The SMILES string of the molecule is COc1ccc([N+](=O)[O-])cc1COc1cccc(Cl)c1. The molecule has 0 saturated carbocycles. The molecule has 6 heteroatoms. The fourth-order valence-electron chi connectivity index (χ4n) is 1.71. The highest BCUT2D eigenvalue weighted by Gasteiger charge is 2.11. The average Bonchev–Trinajstić information content (AvgIpc) is 2.44. The highest BCUT2D eigenvalue weighted by atomic mass is 35.5. The molecule has 104 valence electrons. The van der Waals surface area contributed by atoms with Crippen LogP contribution in [0.15, 0.2) is 42.5 Å². The predicted octanol–water partition coefficient (Wildman–Crippen LogP) is 3.84. The van der Waals surface area contributed by atoms with Crippen molar-refractivity contribution in [2.45, 2.75) is 6.61 Å². The Bertz CT molecular complexity index is 630. The van der Waals surface area contributed by atoms with Crippen LogP contribution in [0, 0.1) is 10.1 Å². The summed E-state index contributed by atoms with van der Waals surface area (Å²) in [5.74, 6) is 1.13. The maximum atomic E-state index is 10.8. The Hall–Kier alpha value is -2.27. The number of nitro groups is 1. The molecule has 5 nitrogen and oxygen atoms in total. The number of methoxy groups -OCH3 is 1. The highest BCUT2D eigenvalue weighted by Crippen LogP contribution is 2.26. The van der Waals surface area contributed by atoms with E-state index in [1.165, 1.54) is 19.2 Å². The summed E-state index contributed by atoms with van der Waals surface area (Å²) in [5.41, 5.74) is 0.595. The Morgan fingerprint density at radius 3 is 2.70 bits per heavy atom. The number of non-ortho nitro benzene ring substituents is 1. The van der Waals surface area contributed by atoms with Crippen LogP contribution < -0.4 is 9.47 Å². The van der Waals surface area contributed by atoms with E-state index in [0.717, 1.165) is 0 Å². The van der Waals surface area contributed by atoms with Crippen molar-refractivity contribution in [1.29, 1.82) is 0 Å². The van der Waals surface area contributed by atoms with E-state index in [9.17, 15) is 10.1 Å². The lowest BCUT2D eigenvalue weighted by atomic mass is 10.2. The second-order valence-electron chi connectivity index (χ2n) is 4.00. The van der Waals surface area contributed by atoms with Crippen LogP contribution in [0.2, 0.25) is 5.02 Å². The van der Waals surface area contributed by atoms with Crippen LogP contribution in [0.4, 0.5) is 5.69 Å². The van der Waals surface area contributed by atoms with E-state index in [2.05, 4.69) is 0 Å². The van der Waals surface area contributed by atoms with Crippen molar-refractivity contribution < 1.29 is 14.4 Å². The molecule has 0 heterocycles. The number of benzene rings is 2. The summed E-state index contributed by atoms with van der Waals surface area (Å²) in [6.07, 6.45) is 0. The number of hydrogen-bond acceptors (Lipinski definition) is 4. The Morgan fingerprint density at radius 2 is 2.05 bits per heavy atom. The zero-order valence-corrected chi connectivity index (χ0v) is 11.5. The lowest BCUT2D eigenvalue weighted by molar-refractivity contribution is -0.385. The summed E-state index contributed by atoms with van der Waals surface area (Å²) in [7, 11) is 1.50. The summed E-state index contributed by atoms with van der Waals surface area (Å²) in [6.45, 7) is 0.158. The number of nitrogens with zero attached hydrogens (tertiary/aromatic N) is 1. The molecule has 0 bridgehead atoms. The first-order valence-corrected chi connectivity index (χ1v) is 6.17. The summed E-state index contributed by atoms with van der Waals surface area (Å²) in [4.78, 5) is 10.3. The smallest absolute Gasteiger partial charge is 0.270 e. The van der Waals surface area contributed by atoms with E-state index in [1.807, 2.05) is 0 Å². The molecule has 0 unspecified atom stereocenters. The molecule has 0 aromatic heterocycles. The number of hydrogen-bond donors (Lipinski definition) is 0. The van der Waals surface area contributed by atoms with E-state index >= 15 is 0 Å². The van der Waals surface area contributed by atoms with Crippen molar-refractivity contribution in [3.05, 3.63) is 63.2 Å². The van der Waals surface area contributed by atoms with Crippen LogP contribution in [-0.4, -0.2) is 12.0 Å².